The van der Waals surface area contributed by atoms with Gasteiger partial charge in [0, 0.05) is 0 Å². The molecule has 0 amide bonds. The van der Waals surface area contributed by atoms with Crippen molar-refractivity contribution < 1.29 is 5.11 Å². The van der Waals surface area contributed by atoms with Crippen molar-refractivity contribution in [1.29, 1.82) is 0 Å². The van der Waals surface area contributed by atoms with Gasteiger partial charge < -0.3 is 5.11 Å². The highest BCUT2D eigenvalue weighted by Crippen LogP contribution is 2.31. The second-order valence-electron chi connectivity index (χ2n) is 5.26. The highest BCUT2D eigenvalue weighted by molar-refractivity contribution is 5.25. The summed E-state index contributed by atoms with van der Waals surface area (Å²) in [5, 5.41) is 10.8. The number of aryl methyl sites for hydroxylation is 1. The van der Waals surface area contributed by atoms with Crippen LogP contribution in [0, 0.1) is 18.3 Å². The lowest BCUT2D eigenvalue weighted by Crippen LogP contribution is -2.31. The van der Waals surface area contributed by atoms with Crippen LogP contribution < -0.4 is 0 Å². The standard InChI is InChI=1S/C19H20O/c1-3-17(15-14-16-10-6-4-7-11-16)19(2,20)18-12-8-5-9-13-18/h1,4-13,17,20H,14-15H2,2H3/t17-,19-/m0/s1. The van der Waals surface area contributed by atoms with Gasteiger partial charge in [0.25, 0.3) is 0 Å². The average Bonchev–Trinajstić information content (AvgIpc) is 2.49. The molecule has 2 rings (SSSR count). The average molecular weight is 264 g/mol. The van der Waals surface area contributed by atoms with Gasteiger partial charge in [-0.15, -0.1) is 6.42 Å². The van der Waals surface area contributed by atoms with Crippen LogP contribution in [0.15, 0.2) is 60.7 Å². The van der Waals surface area contributed by atoms with E-state index in [1.165, 1.54) is 5.56 Å². The molecule has 1 nitrogen and oxygen atoms in total. The highest BCUT2D eigenvalue weighted by Gasteiger charge is 2.31. The largest absolute Gasteiger partial charge is 0.384 e. The van der Waals surface area contributed by atoms with Crippen LogP contribution in [0.5, 0.6) is 0 Å². The van der Waals surface area contributed by atoms with Crippen molar-refractivity contribution in [2.75, 3.05) is 0 Å². The van der Waals surface area contributed by atoms with Gasteiger partial charge in [-0.05, 0) is 30.9 Å². The fraction of sp³-hybridized carbons (Fsp3) is 0.263. The summed E-state index contributed by atoms with van der Waals surface area (Å²) >= 11 is 0. The molecular formula is C19H20O. The first kappa shape index (κ1) is 14.4. The minimum atomic E-state index is -0.995. The number of rotatable bonds is 5. The van der Waals surface area contributed by atoms with E-state index < -0.39 is 5.60 Å². The quantitative estimate of drug-likeness (QED) is 0.815. The second kappa shape index (κ2) is 6.41. The van der Waals surface area contributed by atoms with E-state index in [9.17, 15) is 5.11 Å². The predicted octanol–water partition coefficient (Wildman–Crippen LogP) is 3.78. The summed E-state index contributed by atoms with van der Waals surface area (Å²) < 4.78 is 0. The third-order valence-electron chi connectivity index (χ3n) is 3.80. The molecule has 0 aliphatic carbocycles. The van der Waals surface area contributed by atoms with Crippen molar-refractivity contribution in [3.05, 3.63) is 71.8 Å². The maximum Gasteiger partial charge on any atom is 0.100 e. The van der Waals surface area contributed by atoms with Crippen molar-refractivity contribution in [1.82, 2.24) is 0 Å². The molecule has 2 aromatic rings. The Morgan fingerprint density at radius 3 is 2.15 bits per heavy atom. The fourth-order valence-electron chi connectivity index (χ4n) is 2.46. The van der Waals surface area contributed by atoms with Crippen molar-refractivity contribution in [2.24, 2.45) is 5.92 Å². The van der Waals surface area contributed by atoms with Gasteiger partial charge in [0.2, 0.25) is 0 Å². The van der Waals surface area contributed by atoms with Crippen LogP contribution in [0.4, 0.5) is 0 Å². The van der Waals surface area contributed by atoms with Gasteiger partial charge in [-0.25, -0.2) is 0 Å². The SMILES string of the molecule is C#C[C@@H](CCc1ccccc1)[C@](C)(O)c1ccccc1. The molecule has 20 heavy (non-hydrogen) atoms. The molecule has 0 aromatic heterocycles. The molecule has 0 fully saturated rings. The molecule has 1 N–H and O–H groups in total. The summed E-state index contributed by atoms with van der Waals surface area (Å²) in [4.78, 5) is 0. The maximum absolute atomic E-state index is 10.8. The van der Waals surface area contributed by atoms with Gasteiger partial charge >= 0.3 is 0 Å². The molecule has 0 aliphatic rings. The Kier molecular flexibility index (Phi) is 4.61. The molecule has 0 saturated heterocycles. The topological polar surface area (TPSA) is 20.2 Å². The van der Waals surface area contributed by atoms with Crippen LogP contribution in [-0.4, -0.2) is 5.11 Å². The Bertz CT molecular complexity index is 564. The monoisotopic (exact) mass is 264 g/mol. The number of terminal acetylenes is 1. The van der Waals surface area contributed by atoms with E-state index in [2.05, 4.69) is 18.1 Å². The molecular weight excluding hydrogens is 244 g/mol. The predicted molar refractivity (Wildman–Crippen MR) is 83.1 cm³/mol. The molecule has 0 bridgehead atoms. The lowest BCUT2D eigenvalue weighted by Gasteiger charge is -2.30. The molecule has 0 aliphatic heterocycles. The summed E-state index contributed by atoms with van der Waals surface area (Å²) in [5.74, 6) is 2.56. The zero-order valence-electron chi connectivity index (χ0n) is 11.8. The lowest BCUT2D eigenvalue weighted by atomic mass is 9.80. The minimum absolute atomic E-state index is 0.204. The van der Waals surface area contributed by atoms with Crippen LogP contribution in [0.2, 0.25) is 0 Å². The van der Waals surface area contributed by atoms with Crippen molar-refractivity contribution in [3.8, 4) is 12.3 Å². The van der Waals surface area contributed by atoms with E-state index in [0.29, 0.717) is 0 Å². The van der Waals surface area contributed by atoms with Crippen molar-refractivity contribution >= 4 is 0 Å². The number of aliphatic hydroxyl groups is 1. The molecule has 0 unspecified atom stereocenters. The van der Waals surface area contributed by atoms with Gasteiger partial charge in [-0.2, -0.15) is 0 Å². The van der Waals surface area contributed by atoms with Gasteiger partial charge in [-0.3, -0.25) is 0 Å². The maximum atomic E-state index is 10.8. The first-order valence-electron chi connectivity index (χ1n) is 6.92. The molecule has 2 atom stereocenters. The Morgan fingerprint density at radius 2 is 1.60 bits per heavy atom. The second-order valence-corrected chi connectivity index (χ2v) is 5.26. The Labute approximate surface area is 121 Å². The summed E-state index contributed by atoms with van der Waals surface area (Å²) in [6.45, 7) is 1.80. The fourth-order valence-corrected chi connectivity index (χ4v) is 2.46. The third-order valence-corrected chi connectivity index (χ3v) is 3.80. The van der Waals surface area contributed by atoms with Crippen LogP contribution in [-0.2, 0) is 12.0 Å². The van der Waals surface area contributed by atoms with E-state index in [0.717, 1.165) is 18.4 Å². The van der Waals surface area contributed by atoms with Gasteiger partial charge in [0.1, 0.15) is 5.60 Å². The molecule has 1 heteroatoms. The molecule has 0 heterocycles. The Balaban J connectivity index is 2.10. The van der Waals surface area contributed by atoms with E-state index in [4.69, 9.17) is 6.42 Å². The highest BCUT2D eigenvalue weighted by atomic mass is 16.3. The Morgan fingerprint density at radius 1 is 1.05 bits per heavy atom. The number of hydrogen-bond donors (Lipinski definition) is 1. The molecule has 102 valence electrons. The van der Waals surface area contributed by atoms with Crippen LogP contribution in [0.3, 0.4) is 0 Å². The van der Waals surface area contributed by atoms with Crippen LogP contribution in [0.25, 0.3) is 0 Å². The lowest BCUT2D eigenvalue weighted by molar-refractivity contribution is 0.0143. The van der Waals surface area contributed by atoms with Crippen LogP contribution in [0.1, 0.15) is 24.5 Å². The smallest absolute Gasteiger partial charge is 0.100 e. The molecule has 0 radical (unpaired) electrons. The van der Waals surface area contributed by atoms with Gasteiger partial charge in [0.05, 0.1) is 5.92 Å². The minimum Gasteiger partial charge on any atom is -0.384 e. The van der Waals surface area contributed by atoms with Gasteiger partial charge in [-0.1, -0.05) is 66.6 Å². The van der Waals surface area contributed by atoms with E-state index in [-0.39, 0.29) is 5.92 Å². The van der Waals surface area contributed by atoms with E-state index >= 15 is 0 Å². The summed E-state index contributed by atoms with van der Waals surface area (Å²) in [7, 11) is 0. The van der Waals surface area contributed by atoms with Crippen molar-refractivity contribution in [3.63, 3.8) is 0 Å². The normalized spacial score (nSPS) is 15.1. The number of benzene rings is 2. The zero-order chi connectivity index (χ0) is 14.4. The van der Waals surface area contributed by atoms with E-state index in [1.807, 2.05) is 48.5 Å². The zero-order valence-corrected chi connectivity index (χ0v) is 11.8. The third kappa shape index (κ3) is 3.29. The first-order valence-corrected chi connectivity index (χ1v) is 6.92. The first-order chi connectivity index (χ1) is 9.64. The van der Waals surface area contributed by atoms with E-state index in [1.54, 1.807) is 6.92 Å². The number of hydrogen-bond acceptors (Lipinski definition) is 1. The summed E-state index contributed by atoms with van der Waals surface area (Å²) in [6, 6.07) is 19.9. The Hall–Kier alpha value is -2.04. The molecule has 0 spiro atoms. The molecule has 2 aromatic carbocycles. The molecule has 0 saturated carbocycles. The van der Waals surface area contributed by atoms with Gasteiger partial charge in [0.15, 0.2) is 0 Å². The van der Waals surface area contributed by atoms with Crippen LogP contribution >= 0.6 is 0 Å². The van der Waals surface area contributed by atoms with Crippen molar-refractivity contribution in [2.45, 2.75) is 25.4 Å². The summed E-state index contributed by atoms with van der Waals surface area (Å²) in [5.41, 5.74) is 1.12. The summed E-state index contributed by atoms with van der Waals surface area (Å²) in [6.07, 6.45) is 7.29.